The molecule has 3 rings (SSSR count). The monoisotopic (exact) mass is 368 g/mol. The summed E-state index contributed by atoms with van der Waals surface area (Å²) in [5.41, 5.74) is 0.706. The molecule has 1 aliphatic heterocycles. The second kappa shape index (κ2) is 6.91. The van der Waals surface area contributed by atoms with Crippen LogP contribution in [0.4, 0.5) is 0 Å². The average molecular weight is 369 g/mol. The SMILES string of the molecule is O=C1NCCN(C(=O)Cc2ccc(Cl)cc2Cl)[C@@H]1c1cccs1. The highest BCUT2D eigenvalue weighted by Crippen LogP contribution is 2.29. The fourth-order valence-electron chi connectivity index (χ4n) is 2.59. The van der Waals surface area contributed by atoms with Crippen LogP contribution in [0.2, 0.25) is 10.0 Å². The lowest BCUT2D eigenvalue weighted by molar-refractivity contribution is -0.143. The van der Waals surface area contributed by atoms with Crippen LogP contribution >= 0.6 is 34.5 Å². The molecule has 1 aliphatic rings. The first-order valence-corrected chi connectivity index (χ1v) is 8.74. The van der Waals surface area contributed by atoms with Gasteiger partial charge in [-0.25, -0.2) is 0 Å². The van der Waals surface area contributed by atoms with Crippen molar-refractivity contribution < 1.29 is 9.59 Å². The number of rotatable bonds is 3. The molecule has 0 radical (unpaired) electrons. The lowest BCUT2D eigenvalue weighted by Crippen LogP contribution is -2.52. The Hall–Kier alpha value is -1.56. The maximum Gasteiger partial charge on any atom is 0.248 e. The van der Waals surface area contributed by atoms with Crippen molar-refractivity contribution in [2.75, 3.05) is 13.1 Å². The molecule has 2 amide bonds. The molecule has 7 heteroatoms. The predicted octanol–water partition coefficient (Wildman–Crippen LogP) is 3.30. The van der Waals surface area contributed by atoms with E-state index in [4.69, 9.17) is 23.2 Å². The first-order chi connectivity index (χ1) is 11.1. The van der Waals surface area contributed by atoms with Crippen LogP contribution in [0, 0.1) is 0 Å². The second-order valence-corrected chi connectivity index (χ2v) is 7.03. The number of thiophene rings is 1. The first-order valence-electron chi connectivity index (χ1n) is 7.11. The van der Waals surface area contributed by atoms with E-state index in [2.05, 4.69) is 5.32 Å². The number of piperazine rings is 1. The minimum absolute atomic E-state index is 0.123. The molecule has 0 aliphatic carbocycles. The van der Waals surface area contributed by atoms with Crippen molar-refractivity contribution in [3.8, 4) is 0 Å². The Kier molecular flexibility index (Phi) is 4.90. The van der Waals surface area contributed by atoms with E-state index < -0.39 is 6.04 Å². The molecule has 120 valence electrons. The van der Waals surface area contributed by atoms with Gasteiger partial charge >= 0.3 is 0 Å². The van der Waals surface area contributed by atoms with Crippen LogP contribution in [-0.4, -0.2) is 29.8 Å². The summed E-state index contributed by atoms with van der Waals surface area (Å²) in [6.45, 7) is 0.944. The van der Waals surface area contributed by atoms with Gasteiger partial charge in [-0.15, -0.1) is 11.3 Å². The Labute approximate surface area is 148 Å². The highest BCUT2D eigenvalue weighted by atomic mass is 35.5. The number of carbonyl (C=O) groups excluding carboxylic acids is 2. The smallest absolute Gasteiger partial charge is 0.248 e. The molecule has 0 unspecified atom stereocenters. The summed E-state index contributed by atoms with van der Waals surface area (Å²) in [7, 11) is 0. The van der Waals surface area contributed by atoms with Crippen LogP contribution in [0.15, 0.2) is 35.7 Å². The van der Waals surface area contributed by atoms with Gasteiger partial charge < -0.3 is 10.2 Å². The van der Waals surface area contributed by atoms with Crippen LogP contribution in [0.25, 0.3) is 0 Å². The van der Waals surface area contributed by atoms with Gasteiger partial charge in [-0.05, 0) is 29.1 Å². The Bertz CT molecular complexity index is 734. The topological polar surface area (TPSA) is 49.4 Å². The molecule has 2 aromatic rings. The number of nitrogens with one attached hydrogen (secondary N) is 1. The summed E-state index contributed by atoms with van der Waals surface area (Å²) >= 11 is 13.5. The van der Waals surface area contributed by atoms with E-state index in [0.29, 0.717) is 28.7 Å². The summed E-state index contributed by atoms with van der Waals surface area (Å²) in [5.74, 6) is -0.267. The van der Waals surface area contributed by atoms with E-state index in [1.54, 1.807) is 23.1 Å². The minimum atomic E-state index is -0.567. The Morgan fingerprint density at radius 3 is 2.87 bits per heavy atom. The third-order valence-electron chi connectivity index (χ3n) is 3.70. The molecule has 1 N–H and O–H groups in total. The molecule has 1 fully saturated rings. The Morgan fingerprint density at radius 2 is 2.17 bits per heavy atom. The predicted molar refractivity (Wildman–Crippen MR) is 91.9 cm³/mol. The van der Waals surface area contributed by atoms with Crippen LogP contribution in [0.1, 0.15) is 16.5 Å². The van der Waals surface area contributed by atoms with Crippen LogP contribution in [0.5, 0.6) is 0 Å². The fourth-order valence-corrected chi connectivity index (χ4v) is 3.90. The number of hydrogen-bond acceptors (Lipinski definition) is 3. The van der Waals surface area contributed by atoms with E-state index >= 15 is 0 Å². The van der Waals surface area contributed by atoms with Crippen molar-refractivity contribution in [1.29, 1.82) is 0 Å². The van der Waals surface area contributed by atoms with Gasteiger partial charge in [0.1, 0.15) is 6.04 Å². The zero-order chi connectivity index (χ0) is 16.4. The summed E-state index contributed by atoms with van der Waals surface area (Å²) in [5, 5.41) is 5.70. The normalized spacial score (nSPS) is 17.9. The van der Waals surface area contributed by atoms with Crippen LogP contribution < -0.4 is 5.32 Å². The second-order valence-electron chi connectivity index (χ2n) is 5.21. The van der Waals surface area contributed by atoms with Gasteiger partial charge in [-0.2, -0.15) is 0 Å². The third kappa shape index (κ3) is 3.52. The highest BCUT2D eigenvalue weighted by Gasteiger charge is 2.34. The maximum absolute atomic E-state index is 12.7. The molecule has 1 saturated heterocycles. The number of amides is 2. The minimum Gasteiger partial charge on any atom is -0.352 e. The number of hydrogen-bond donors (Lipinski definition) is 1. The molecule has 0 spiro atoms. The summed E-state index contributed by atoms with van der Waals surface area (Å²) in [4.78, 5) is 27.4. The highest BCUT2D eigenvalue weighted by molar-refractivity contribution is 7.10. The van der Waals surface area contributed by atoms with E-state index in [1.165, 1.54) is 11.3 Å². The molecule has 1 atom stereocenters. The van der Waals surface area contributed by atoms with E-state index in [1.807, 2.05) is 17.5 Å². The lowest BCUT2D eigenvalue weighted by Gasteiger charge is -2.34. The standard InChI is InChI=1S/C16H14Cl2N2O2S/c17-11-4-3-10(12(18)9-11)8-14(21)20-6-5-19-16(22)15(20)13-2-1-7-23-13/h1-4,7,9,15H,5-6,8H2,(H,19,22)/t15-/m1/s1. The van der Waals surface area contributed by atoms with Crippen LogP contribution in [0.3, 0.4) is 0 Å². The number of halogens is 2. The lowest BCUT2D eigenvalue weighted by atomic mass is 10.1. The first kappa shape index (κ1) is 16.3. The van der Waals surface area contributed by atoms with E-state index in [0.717, 1.165) is 4.88 Å². The molecule has 23 heavy (non-hydrogen) atoms. The van der Waals surface area contributed by atoms with Gasteiger partial charge in [0.15, 0.2) is 0 Å². The summed E-state index contributed by atoms with van der Waals surface area (Å²) in [6, 6.07) is 8.24. The van der Waals surface area contributed by atoms with Crippen molar-refractivity contribution in [3.63, 3.8) is 0 Å². The fraction of sp³-hybridized carbons (Fsp3) is 0.250. The number of carbonyl (C=O) groups is 2. The summed E-state index contributed by atoms with van der Waals surface area (Å²) < 4.78 is 0. The Morgan fingerprint density at radius 1 is 1.35 bits per heavy atom. The number of benzene rings is 1. The molecule has 0 saturated carbocycles. The quantitative estimate of drug-likeness (QED) is 0.903. The Balaban J connectivity index is 1.83. The third-order valence-corrected chi connectivity index (χ3v) is 5.21. The van der Waals surface area contributed by atoms with Gasteiger partial charge in [0, 0.05) is 28.0 Å². The molecule has 1 aromatic heterocycles. The molecular weight excluding hydrogens is 355 g/mol. The summed E-state index contributed by atoms with van der Waals surface area (Å²) in [6.07, 6.45) is 0.144. The van der Waals surface area contributed by atoms with Crippen molar-refractivity contribution >= 4 is 46.4 Å². The molecular formula is C16H14Cl2N2O2S. The van der Waals surface area contributed by atoms with Crippen molar-refractivity contribution in [3.05, 3.63) is 56.2 Å². The van der Waals surface area contributed by atoms with Gasteiger partial charge in [0.2, 0.25) is 11.8 Å². The van der Waals surface area contributed by atoms with E-state index in [-0.39, 0.29) is 18.2 Å². The molecule has 2 heterocycles. The zero-order valence-corrected chi connectivity index (χ0v) is 14.4. The van der Waals surface area contributed by atoms with Crippen molar-refractivity contribution in [2.45, 2.75) is 12.5 Å². The van der Waals surface area contributed by atoms with Crippen molar-refractivity contribution in [1.82, 2.24) is 10.2 Å². The van der Waals surface area contributed by atoms with Gasteiger partial charge in [-0.1, -0.05) is 35.3 Å². The number of nitrogens with zero attached hydrogens (tertiary/aromatic N) is 1. The van der Waals surface area contributed by atoms with E-state index in [9.17, 15) is 9.59 Å². The van der Waals surface area contributed by atoms with Crippen molar-refractivity contribution in [2.24, 2.45) is 0 Å². The molecule has 0 bridgehead atoms. The molecule has 4 nitrogen and oxygen atoms in total. The van der Waals surface area contributed by atoms with Gasteiger partial charge in [0.25, 0.3) is 0 Å². The average Bonchev–Trinajstić information content (AvgIpc) is 3.03. The van der Waals surface area contributed by atoms with Crippen LogP contribution in [-0.2, 0) is 16.0 Å². The largest absolute Gasteiger partial charge is 0.352 e. The molecule has 1 aromatic carbocycles. The zero-order valence-electron chi connectivity index (χ0n) is 12.1. The van der Waals surface area contributed by atoms with Gasteiger partial charge in [-0.3, -0.25) is 9.59 Å². The van der Waals surface area contributed by atoms with Gasteiger partial charge in [0.05, 0.1) is 6.42 Å². The maximum atomic E-state index is 12.7.